The molecule has 0 amide bonds. The zero-order chi connectivity index (χ0) is 21.6. The lowest BCUT2D eigenvalue weighted by Crippen LogP contribution is -2.17. The van der Waals surface area contributed by atoms with Crippen LogP contribution in [0.2, 0.25) is 0 Å². The van der Waals surface area contributed by atoms with Gasteiger partial charge in [-0.3, -0.25) is 4.72 Å². The fourth-order valence-corrected chi connectivity index (χ4v) is 4.59. The first-order valence-electron chi connectivity index (χ1n) is 8.26. The molecule has 0 spiro atoms. The van der Waals surface area contributed by atoms with E-state index in [2.05, 4.69) is 0 Å². The topological polar surface area (TPSA) is 121 Å². The molecule has 0 bridgehead atoms. The van der Waals surface area contributed by atoms with Crippen molar-refractivity contribution in [3.05, 3.63) is 58.1 Å². The third-order valence-electron chi connectivity index (χ3n) is 4.47. The Morgan fingerprint density at radius 1 is 0.931 bits per heavy atom. The summed E-state index contributed by atoms with van der Waals surface area (Å²) >= 11 is 0. The van der Waals surface area contributed by atoms with E-state index < -0.39 is 45.0 Å². The quantitative estimate of drug-likeness (QED) is 0.670. The van der Waals surface area contributed by atoms with Crippen LogP contribution in [0, 0.1) is 0 Å². The Bertz CT molecular complexity index is 1130. The maximum absolute atomic E-state index is 13.1. The first-order valence-corrected chi connectivity index (χ1v) is 9.74. The number of nitrogens with one attached hydrogen (secondary N) is 1. The van der Waals surface area contributed by atoms with Gasteiger partial charge in [-0.1, -0.05) is 0 Å². The van der Waals surface area contributed by atoms with Gasteiger partial charge in [-0.25, -0.2) is 18.0 Å². The van der Waals surface area contributed by atoms with Crippen molar-refractivity contribution in [2.24, 2.45) is 0 Å². The molecule has 154 valence electrons. The Morgan fingerprint density at radius 3 is 2.14 bits per heavy atom. The highest BCUT2D eigenvalue weighted by Crippen LogP contribution is 2.34. The number of aryl methyl sites for hydroxylation is 1. The highest BCUT2D eigenvalue weighted by atomic mass is 32.2. The van der Waals surface area contributed by atoms with Crippen LogP contribution in [0.4, 0.5) is 18.9 Å². The second-order valence-corrected chi connectivity index (χ2v) is 8.13. The molecule has 2 aromatic rings. The molecule has 7 nitrogen and oxygen atoms in total. The summed E-state index contributed by atoms with van der Waals surface area (Å²) in [6.07, 6.45) is -3.44. The lowest BCUT2D eigenvalue weighted by Gasteiger charge is -2.15. The first-order chi connectivity index (χ1) is 13.4. The number of hydrogen-bond donors (Lipinski definition) is 3. The van der Waals surface area contributed by atoms with E-state index in [1.165, 1.54) is 6.07 Å². The second-order valence-electron chi connectivity index (χ2n) is 6.48. The van der Waals surface area contributed by atoms with Gasteiger partial charge in [0.15, 0.2) is 0 Å². The monoisotopic (exact) mass is 429 g/mol. The molecular formula is C18H14F3NO6S. The molecule has 3 N–H and O–H groups in total. The third-order valence-corrected chi connectivity index (χ3v) is 5.92. The Hall–Kier alpha value is -3.08. The number of alkyl halides is 3. The summed E-state index contributed by atoms with van der Waals surface area (Å²) in [7, 11) is -4.47. The average Bonchev–Trinajstić information content (AvgIpc) is 3.07. The minimum Gasteiger partial charge on any atom is -0.478 e. The molecule has 11 heteroatoms. The number of carboxylic acids is 2. The number of aromatic carboxylic acids is 2. The largest absolute Gasteiger partial charge is 0.478 e. The zero-order valence-electron chi connectivity index (χ0n) is 14.6. The Morgan fingerprint density at radius 2 is 1.55 bits per heavy atom. The van der Waals surface area contributed by atoms with Crippen LogP contribution in [0.1, 0.15) is 43.8 Å². The van der Waals surface area contributed by atoms with Crippen molar-refractivity contribution in [1.29, 1.82) is 0 Å². The van der Waals surface area contributed by atoms with Crippen LogP contribution < -0.4 is 4.72 Å². The molecule has 0 fully saturated rings. The van der Waals surface area contributed by atoms with Crippen molar-refractivity contribution < 1.29 is 41.4 Å². The summed E-state index contributed by atoms with van der Waals surface area (Å²) in [5, 5.41) is 18.2. The predicted molar refractivity (Wildman–Crippen MR) is 94.6 cm³/mol. The van der Waals surface area contributed by atoms with Crippen molar-refractivity contribution in [1.82, 2.24) is 0 Å². The molecule has 3 rings (SSSR count). The smallest absolute Gasteiger partial charge is 0.416 e. The lowest BCUT2D eigenvalue weighted by atomic mass is 10.1. The van der Waals surface area contributed by atoms with Gasteiger partial charge in [0, 0.05) is 0 Å². The van der Waals surface area contributed by atoms with Crippen molar-refractivity contribution in [3.63, 3.8) is 0 Å². The molecular weight excluding hydrogens is 415 g/mol. The second kappa shape index (κ2) is 7.07. The molecule has 0 aliphatic heterocycles. The van der Waals surface area contributed by atoms with E-state index in [-0.39, 0.29) is 10.5 Å². The molecule has 2 aromatic carbocycles. The number of halogens is 3. The molecule has 0 radical (unpaired) electrons. The number of anilines is 1. The van der Waals surface area contributed by atoms with E-state index in [0.717, 1.165) is 12.1 Å². The number of sulfonamides is 1. The minimum atomic E-state index is -4.89. The maximum Gasteiger partial charge on any atom is 0.416 e. The summed E-state index contributed by atoms with van der Waals surface area (Å²) < 4.78 is 66.8. The van der Waals surface area contributed by atoms with Crippen molar-refractivity contribution in [3.8, 4) is 0 Å². The zero-order valence-corrected chi connectivity index (χ0v) is 15.4. The fourth-order valence-electron chi connectivity index (χ4n) is 3.21. The number of carboxylic acid groups (broad SMARTS) is 2. The summed E-state index contributed by atoms with van der Waals surface area (Å²) in [6, 6.07) is 3.95. The summed E-state index contributed by atoms with van der Waals surface area (Å²) in [4.78, 5) is 22.1. The Labute approximate surface area is 162 Å². The van der Waals surface area contributed by atoms with Gasteiger partial charge in [0.2, 0.25) is 0 Å². The van der Waals surface area contributed by atoms with Gasteiger partial charge in [0.25, 0.3) is 10.0 Å². The number of rotatable bonds is 5. The molecule has 0 unspecified atom stereocenters. The summed E-state index contributed by atoms with van der Waals surface area (Å²) in [6.45, 7) is 0. The molecule has 0 heterocycles. The summed E-state index contributed by atoms with van der Waals surface area (Å²) in [5.74, 6) is -3.01. The molecule has 1 aliphatic rings. The van der Waals surface area contributed by atoms with Gasteiger partial charge in [0.1, 0.15) is 0 Å². The molecule has 0 aromatic heterocycles. The predicted octanol–water partition coefficient (Wildman–Crippen LogP) is 3.39. The summed E-state index contributed by atoms with van der Waals surface area (Å²) in [5.41, 5.74) is -2.00. The lowest BCUT2D eigenvalue weighted by molar-refractivity contribution is -0.137. The van der Waals surface area contributed by atoms with Crippen molar-refractivity contribution in [2.75, 3.05) is 4.72 Å². The van der Waals surface area contributed by atoms with Gasteiger partial charge < -0.3 is 10.2 Å². The van der Waals surface area contributed by atoms with Crippen molar-refractivity contribution >= 4 is 27.6 Å². The van der Waals surface area contributed by atoms with Crippen LogP contribution in [0.15, 0.2) is 35.2 Å². The normalized spacial score (nSPS) is 13.8. The fraction of sp³-hybridized carbons (Fsp3) is 0.222. The van der Waals surface area contributed by atoms with Gasteiger partial charge >= 0.3 is 18.1 Å². The van der Waals surface area contributed by atoms with Crippen LogP contribution in [0.3, 0.4) is 0 Å². The van der Waals surface area contributed by atoms with Crippen LogP contribution >= 0.6 is 0 Å². The SMILES string of the molecule is O=C(O)c1cc(NS(=O)(=O)c2cc(C(=O)O)cc3c2CCC3)cc(C(F)(F)F)c1. The van der Waals surface area contributed by atoms with Gasteiger partial charge in [-0.2, -0.15) is 13.2 Å². The standard InChI is InChI=1S/C18H14F3NO6S/c19-18(20,21)12-5-11(17(25)26)6-13(8-12)22-29(27,28)15-7-10(16(23)24)4-9-2-1-3-14(9)15/h4-8,22H,1-3H2,(H,23,24)(H,25,26). The first kappa shape index (κ1) is 20.6. The van der Waals surface area contributed by atoms with E-state index in [0.29, 0.717) is 42.5 Å². The van der Waals surface area contributed by atoms with Crippen LogP contribution in [0.25, 0.3) is 0 Å². The highest BCUT2D eigenvalue weighted by molar-refractivity contribution is 7.92. The maximum atomic E-state index is 13.1. The number of carbonyl (C=O) groups is 2. The third kappa shape index (κ3) is 4.19. The number of fused-ring (bicyclic) bond motifs is 1. The van der Waals surface area contributed by atoms with Crippen LogP contribution in [-0.4, -0.2) is 30.6 Å². The molecule has 1 aliphatic carbocycles. The molecule has 0 saturated carbocycles. The van der Waals surface area contributed by atoms with Gasteiger partial charge in [-0.15, -0.1) is 0 Å². The Balaban J connectivity index is 2.10. The van der Waals surface area contributed by atoms with E-state index in [1.807, 2.05) is 4.72 Å². The number of benzene rings is 2. The van der Waals surface area contributed by atoms with Gasteiger partial charge in [0.05, 0.1) is 27.3 Å². The van der Waals surface area contributed by atoms with Crippen LogP contribution in [-0.2, 0) is 29.0 Å². The van der Waals surface area contributed by atoms with E-state index >= 15 is 0 Å². The molecule has 0 saturated heterocycles. The number of hydrogen-bond acceptors (Lipinski definition) is 4. The molecule has 0 atom stereocenters. The van der Waals surface area contributed by atoms with Crippen molar-refractivity contribution in [2.45, 2.75) is 30.3 Å². The van der Waals surface area contributed by atoms with Crippen LogP contribution in [0.5, 0.6) is 0 Å². The van der Waals surface area contributed by atoms with E-state index in [9.17, 15) is 36.3 Å². The Kier molecular flexibility index (Phi) is 5.03. The average molecular weight is 429 g/mol. The van der Waals surface area contributed by atoms with Gasteiger partial charge in [-0.05, 0) is 60.7 Å². The minimum absolute atomic E-state index is 0.263. The van der Waals surface area contributed by atoms with E-state index in [4.69, 9.17) is 5.11 Å². The van der Waals surface area contributed by atoms with E-state index in [1.54, 1.807) is 0 Å². The molecule has 29 heavy (non-hydrogen) atoms. The highest BCUT2D eigenvalue weighted by Gasteiger charge is 2.33.